The van der Waals surface area contributed by atoms with E-state index in [-0.39, 0.29) is 11.5 Å². The fourth-order valence-corrected chi connectivity index (χ4v) is 3.16. The van der Waals surface area contributed by atoms with Crippen LogP contribution in [0.2, 0.25) is 0 Å². The Bertz CT molecular complexity index is 805. The quantitative estimate of drug-likeness (QED) is 0.743. The van der Waals surface area contributed by atoms with Crippen molar-refractivity contribution in [2.24, 2.45) is 0 Å². The highest BCUT2D eigenvalue weighted by Gasteiger charge is 2.18. The second-order valence-corrected chi connectivity index (χ2v) is 5.50. The number of thiophene rings is 1. The molecule has 0 aliphatic rings. The Hall–Kier alpha value is -2.13. The molecular weight excluding hydrogens is 286 g/mol. The molecule has 3 aromatic rings. The SMILES string of the molecule is Cc1c(C(=O)Nc2nncs2)sc2nc[nH]c(=O)c12. The van der Waals surface area contributed by atoms with E-state index in [0.29, 0.717) is 25.8 Å². The number of nitrogens with one attached hydrogen (secondary N) is 2. The van der Waals surface area contributed by atoms with Crippen LogP contribution in [0.5, 0.6) is 0 Å². The van der Waals surface area contributed by atoms with Crippen LogP contribution in [-0.2, 0) is 0 Å². The molecule has 1 amide bonds. The largest absolute Gasteiger partial charge is 0.313 e. The number of H-pyrrole nitrogens is 1. The van der Waals surface area contributed by atoms with E-state index < -0.39 is 0 Å². The van der Waals surface area contributed by atoms with E-state index in [0.717, 1.165) is 0 Å². The van der Waals surface area contributed by atoms with Crippen molar-refractivity contribution in [2.75, 3.05) is 5.32 Å². The number of hydrogen-bond acceptors (Lipinski definition) is 7. The van der Waals surface area contributed by atoms with E-state index in [4.69, 9.17) is 0 Å². The van der Waals surface area contributed by atoms with Gasteiger partial charge in [-0.2, -0.15) is 0 Å². The molecule has 0 unspecified atom stereocenters. The molecule has 0 bridgehead atoms. The van der Waals surface area contributed by atoms with Crippen molar-refractivity contribution in [3.63, 3.8) is 0 Å². The third-order valence-corrected chi connectivity index (χ3v) is 4.32. The number of fused-ring (bicyclic) bond motifs is 1. The Labute approximate surface area is 114 Å². The molecule has 7 nitrogen and oxygen atoms in total. The third kappa shape index (κ3) is 2.02. The number of aromatic amines is 1. The molecule has 96 valence electrons. The summed E-state index contributed by atoms with van der Waals surface area (Å²) in [5.41, 5.74) is 1.91. The molecule has 0 saturated carbocycles. The standard InChI is InChI=1S/C10H7N5O2S2/c1-4-5-7(16)11-2-12-9(5)19-6(4)8(17)14-10-15-13-3-18-10/h2-3H,1H3,(H,11,12,16)(H,14,15,17). The van der Waals surface area contributed by atoms with Crippen molar-refractivity contribution in [1.29, 1.82) is 0 Å². The summed E-state index contributed by atoms with van der Waals surface area (Å²) < 4.78 is 0. The summed E-state index contributed by atoms with van der Waals surface area (Å²) >= 11 is 2.41. The number of amides is 1. The van der Waals surface area contributed by atoms with Gasteiger partial charge < -0.3 is 4.98 Å². The summed E-state index contributed by atoms with van der Waals surface area (Å²) in [6.45, 7) is 1.73. The maximum absolute atomic E-state index is 12.1. The maximum atomic E-state index is 12.1. The molecule has 0 atom stereocenters. The van der Waals surface area contributed by atoms with Gasteiger partial charge in [-0.15, -0.1) is 21.5 Å². The minimum atomic E-state index is -0.309. The fraction of sp³-hybridized carbons (Fsp3) is 0.100. The van der Waals surface area contributed by atoms with Crippen LogP contribution in [0.25, 0.3) is 10.2 Å². The van der Waals surface area contributed by atoms with E-state index in [1.807, 2.05) is 0 Å². The highest BCUT2D eigenvalue weighted by Crippen LogP contribution is 2.27. The zero-order valence-corrected chi connectivity index (χ0v) is 11.3. The van der Waals surface area contributed by atoms with Crippen molar-refractivity contribution in [3.8, 4) is 0 Å². The van der Waals surface area contributed by atoms with Gasteiger partial charge in [-0.05, 0) is 12.5 Å². The van der Waals surface area contributed by atoms with Crippen molar-refractivity contribution in [2.45, 2.75) is 6.92 Å². The Balaban J connectivity index is 2.06. The van der Waals surface area contributed by atoms with Gasteiger partial charge in [0.25, 0.3) is 11.5 Å². The number of aryl methyl sites for hydroxylation is 1. The number of rotatable bonds is 2. The van der Waals surface area contributed by atoms with Crippen LogP contribution in [0.1, 0.15) is 15.2 Å². The minimum absolute atomic E-state index is 0.242. The molecule has 3 heterocycles. The number of nitrogens with zero attached hydrogens (tertiary/aromatic N) is 3. The molecule has 0 radical (unpaired) electrons. The summed E-state index contributed by atoms with van der Waals surface area (Å²) in [5.74, 6) is -0.309. The van der Waals surface area contributed by atoms with Crippen LogP contribution < -0.4 is 10.9 Å². The van der Waals surface area contributed by atoms with E-state index in [1.165, 1.54) is 34.5 Å². The average molecular weight is 293 g/mol. The topological polar surface area (TPSA) is 101 Å². The van der Waals surface area contributed by atoms with E-state index >= 15 is 0 Å². The van der Waals surface area contributed by atoms with Crippen molar-refractivity contribution < 1.29 is 4.79 Å². The molecule has 0 fully saturated rings. The molecule has 0 saturated heterocycles. The molecule has 0 spiro atoms. The summed E-state index contributed by atoms with van der Waals surface area (Å²) in [4.78, 5) is 31.4. The zero-order valence-electron chi connectivity index (χ0n) is 9.63. The minimum Gasteiger partial charge on any atom is -0.313 e. The molecule has 9 heteroatoms. The number of carbonyl (C=O) groups excluding carboxylic acids is 1. The lowest BCUT2D eigenvalue weighted by molar-refractivity contribution is 0.103. The number of anilines is 1. The predicted molar refractivity (Wildman–Crippen MR) is 72.8 cm³/mol. The molecule has 0 aromatic carbocycles. The van der Waals surface area contributed by atoms with Crippen LogP contribution in [0, 0.1) is 6.92 Å². The zero-order chi connectivity index (χ0) is 13.4. The van der Waals surface area contributed by atoms with Crippen molar-refractivity contribution >= 4 is 43.9 Å². The monoisotopic (exact) mass is 293 g/mol. The highest BCUT2D eigenvalue weighted by molar-refractivity contribution is 7.20. The van der Waals surface area contributed by atoms with Gasteiger partial charge in [0, 0.05) is 0 Å². The van der Waals surface area contributed by atoms with Crippen LogP contribution in [0.3, 0.4) is 0 Å². The van der Waals surface area contributed by atoms with Gasteiger partial charge >= 0.3 is 0 Å². The summed E-state index contributed by atoms with van der Waals surface area (Å²) in [6, 6.07) is 0. The molecule has 2 N–H and O–H groups in total. The fourth-order valence-electron chi connectivity index (χ4n) is 1.68. The number of aromatic nitrogens is 4. The molecule has 19 heavy (non-hydrogen) atoms. The van der Waals surface area contributed by atoms with Gasteiger partial charge in [0.2, 0.25) is 5.13 Å². The van der Waals surface area contributed by atoms with Gasteiger partial charge in [0.15, 0.2) is 0 Å². The van der Waals surface area contributed by atoms with Crippen molar-refractivity contribution in [3.05, 3.63) is 32.6 Å². The Morgan fingerprint density at radius 2 is 2.32 bits per heavy atom. The lowest BCUT2D eigenvalue weighted by atomic mass is 10.2. The molecule has 0 aliphatic heterocycles. The van der Waals surface area contributed by atoms with Gasteiger partial charge in [-0.1, -0.05) is 11.3 Å². The highest BCUT2D eigenvalue weighted by atomic mass is 32.1. The molecule has 0 aliphatic carbocycles. The predicted octanol–water partition coefficient (Wildman–Crippen LogP) is 1.40. The van der Waals surface area contributed by atoms with Gasteiger partial charge in [0.1, 0.15) is 10.3 Å². The first kappa shape index (κ1) is 11.9. The summed E-state index contributed by atoms with van der Waals surface area (Å²) in [5, 5.41) is 10.9. The van der Waals surface area contributed by atoms with Crippen LogP contribution in [0.15, 0.2) is 16.6 Å². The first-order chi connectivity index (χ1) is 9.16. The van der Waals surface area contributed by atoms with E-state index in [9.17, 15) is 9.59 Å². The number of carbonyl (C=O) groups is 1. The smallest absolute Gasteiger partial charge is 0.267 e. The van der Waals surface area contributed by atoms with Crippen molar-refractivity contribution in [1.82, 2.24) is 20.2 Å². The second-order valence-electron chi connectivity index (χ2n) is 3.67. The van der Waals surface area contributed by atoms with Crippen LogP contribution >= 0.6 is 22.7 Å². The second kappa shape index (κ2) is 4.52. The van der Waals surface area contributed by atoms with Gasteiger partial charge in [-0.25, -0.2) is 4.98 Å². The Morgan fingerprint density at radius 1 is 1.47 bits per heavy atom. The van der Waals surface area contributed by atoms with Crippen LogP contribution in [-0.4, -0.2) is 26.1 Å². The molecule has 3 aromatic heterocycles. The third-order valence-electron chi connectivity index (χ3n) is 2.52. The summed E-state index contributed by atoms with van der Waals surface area (Å²) in [6.07, 6.45) is 1.33. The van der Waals surface area contributed by atoms with Crippen LogP contribution in [0.4, 0.5) is 5.13 Å². The lowest BCUT2D eigenvalue weighted by Crippen LogP contribution is -2.12. The van der Waals surface area contributed by atoms with Gasteiger partial charge in [-0.3, -0.25) is 14.9 Å². The van der Waals surface area contributed by atoms with E-state index in [2.05, 4.69) is 25.5 Å². The maximum Gasteiger partial charge on any atom is 0.267 e. The molecule has 3 rings (SSSR count). The van der Waals surface area contributed by atoms with E-state index in [1.54, 1.807) is 6.92 Å². The first-order valence-electron chi connectivity index (χ1n) is 5.21. The number of hydrogen-bond donors (Lipinski definition) is 2. The Morgan fingerprint density at radius 3 is 3.00 bits per heavy atom. The lowest BCUT2D eigenvalue weighted by Gasteiger charge is -1.98. The molecular formula is C10H7N5O2S2. The first-order valence-corrected chi connectivity index (χ1v) is 6.90. The average Bonchev–Trinajstić information content (AvgIpc) is 2.98. The normalized spacial score (nSPS) is 10.8. The van der Waals surface area contributed by atoms with Gasteiger partial charge in [0.05, 0.1) is 16.6 Å². The Kier molecular flexibility index (Phi) is 2.84. The summed E-state index contributed by atoms with van der Waals surface area (Å²) in [7, 11) is 0.